The quantitative estimate of drug-likeness (QED) is 0.646. The minimum absolute atomic E-state index is 0. The molecule has 4 nitrogen and oxygen atoms in total. The Bertz CT molecular complexity index is 631. The van der Waals surface area contributed by atoms with E-state index in [1.165, 1.54) is 19.3 Å². The van der Waals surface area contributed by atoms with Gasteiger partial charge in [0.25, 0.3) is 0 Å². The van der Waals surface area contributed by atoms with Crippen molar-refractivity contribution in [3.05, 3.63) is 30.5 Å². The van der Waals surface area contributed by atoms with Gasteiger partial charge < -0.3 is 15.4 Å². The van der Waals surface area contributed by atoms with Gasteiger partial charge in [-0.3, -0.25) is 4.98 Å². The molecule has 0 bridgehead atoms. The van der Waals surface area contributed by atoms with Crippen molar-refractivity contribution in [3.63, 3.8) is 0 Å². The van der Waals surface area contributed by atoms with Crippen LogP contribution in [-0.2, 0) is 0 Å². The Hall–Kier alpha value is -1.52. The molecular formula is C19H30ClN3O. The molecule has 0 atom stereocenters. The summed E-state index contributed by atoms with van der Waals surface area (Å²) in [6.07, 6.45) is 5.58. The Kier molecular flexibility index (Phi) is 8.29. The Labute approximate surface area is 151 Å². The van der Waals surface area contributed by atoms with Gasteiger partial charge in [0.15, 0.2) is 0 Å². The van der Waals surface area contributed by atoms with Crippen molar-refractivity contribution >= 4 is 29.0 Å². The van der Waals surface area contributed by atoms with Gasteiger partial charge in [-0.05, 0) is 38.9 Å². The number of fused-ring (bicyclic) bond motifs is 1. The van der Waals surface area contributed by atoms with Crippen LogP contribution >= 0.6 is 12.4 Å². The Morgan fingerprint density at radius 2 is 2.00 bits per heavy atom. The summed E-state index contributed by atoms with van der Waals surface area (Å²) in [5.74, 6) is 0.849. The molecule has 0 spiro atoms. The number of nitrogens with zero attached hydrogens (tertiary/aromatic N) is 1. The number of rotatable bonds is 9. The monoisotopic (exact) mass is 351 g/mol. The lowest BCUT2D eigenvalue weighted by atomic mass is 10.0. The predicted octanol–water partition coefficient (Wildman–Crippen LogP) is 4.64. The van der Waals surface area contributed by atoms with Crippen LogP contribution in [0.5, 0.6) is 5.75 Å². The second kappa shape index (κ2) is 9.70. The first-order valence-electron chi connectivity index (χ1n) is 8.47. The number of hydrogen-bond donors (Lipinski definition) is 2. The zero-order valence-electron chi connectivity index (χ0n) is 15.2. The maximum Gasteiger partial charge on any atom is 0.121 e. The van der Waals surface area contributed by atoms with Crippen molar-refractivity contribution in [3.8, 4) is 5.75 Å². The average Bonchev–Trinajstić information content (AvgIpc) is 2.56. The van der Waals surface area contributed by atoms with E-state index in [4.69, 9.17) is 4.74 Å². The molecule has 0 saturated heterocycles. The molecule has 1 heterocycles. The minimum atomic E-state index is 0. The van der Waals surface area contributed by atoms with Crippen LogP contribution in [0.3, 0.4) is 0 Å². The van der Waals surface area contributed by atoms with Crippen LogP contribution in [0.2, 0.25) is 0 Å². The number of halogens is 1. The molecule has 2 rings (SSSR count). The van der Waals surface area contributed by atoms with E-state index >= 15 is 0 Å². The summed E-state index contributed by atoms with van der Waals surface area (Å²) in [7, 11) is 1.69. The number of hydrogen-bond acceptors (Lipinski definition) is 4. The molecular weight excluding hydrogens is 322 g/mol. The van der Waals surface area contributed by atoms with E-state index in [0.717, 1.165) is 35.4 Å². The lowest BCUT2D eigenvalue weighted by Crippen LogP contribution is -2.45. The number of nitrogens with one attached hydrogen (secondary N) is 2. The number of methoxy groups -OCH3 is 1. The summed E-state index contributed by atoms with van der Waals surface area (Å²) in [6, 6.07) is 8.04. The van der Waals surface area contributed by atoms with Crippen molar-refractivity contribution in [2.75, 3.05) is 25.5 Å². The van der Waals surface area contributed by atoms with Crippen molar-refractivity contribution in [1.29, 1.82) is 0 Å². The predicted molar refractivity (Wildman–Crippen MR) is 106 cm³/mol. The van der Waals surface area contributed by atoms with Crippen molar-refractivity contribution in [2.24, 2.45) is 0 Å². The van der Waals surface area contributed by atoms with Gasteiger partial charge in [-0.1, -0.05) is 25.8 Å². The molecule has 1 aromatic heterocycles. The second-order valence-corrected chi connectivity index (χ2v) is 6.62. The zero-order valence-corrected chi connectivity index (χ0v) is 16.0. The van der Waals surface area contributed by atoms with Gasteiger partial charge in [0.1, 0.15) is 5.75 Å². The zero-order chi connectivity index (χ0) is 16.7. The highest BCUT2D eigenvalue weighted by atomic mass is 35.5. The average molecular weight is 352 g/mol. The lowest BCUT2D eigenvalue weighted by Gasteiger charge is -2.27. The van der Waals surface area contributed by atoms with Crippen LogP contribution in [0.1, 0.15) is 40.0 Å². The molecule has 134 valence electrons. The summed E-state index contributed by atoms with van der Waals surface area (Å²) in [5.41, 5.74) is 2.02. The van der Waals surface area contributed by atoms with Crippen LogP contribution in [0.4, 0.5) is 5.69 Å². The fourth-order valence-electron chi connectivity index (χ4n) is 2.60. The number of anilines is 1. The van der Waals surface area contributed by atoms with Gasteiger partial charge in [0.2, 0.25) is 0 Å². The Morgan fingerprint density at radius 3 is 2.71 bits per heavy atom. The molecule has 0 unspecified atom stereocenters. The maximum absolute atomic E-state index is 5.40. The molecule has 0 saturated carbocycles. The van der Waals surface area contributed by atoms with Crippen LogP contribution in [0.15, 0.2) is 30.5 Å². The third kappa shape index (κ3) is 5.84. The fourth-order valence-corrected chi connectivity index (χ4v) is 2.60. The second-order valence-electron chi connectivity index (χ2n) is 6.62. The number of aromatic nitrogens is 1. The number of benzene rings is 1. The third-order valence-corrected chi connectivity index (χ3v) is 4.02. The molecule has 0 radical (unpaired) electrons. The molecule has 0 aliphatic carbocycles. The van der Waals surface area contributed by atoms with Crippen molar-refractivity contribution in [2.45, 2.75) is 45.6 Å². The van der Waals surface area contributed by atoms with E-state index in [1.54, 1.807) is 7.11 Å². The first-order valence-corrected chi connectivity index (χ1v) is 8.47. The number of pyridine rings is 1. The highest BCUT2D eigenvalue weighted by Crippen LogP contribution is 2.28. The normalized spacial score (nSPS) is 11.2. The van der Waals surface area contributed by atoms with Gasteiger partial charge in [0.05, 0.1) is 18.3 Å². The standard InChI is InChI=1S/C19H29N3O.ClH/c1-5-6-7-11-22-19(2,3)14-21-17-13-16(23-4)12-15-9-8-10-20-18(15)17;/h8-10,12-13,21-22H,5-7,11,14H2,1-4H3;1H. The van der Waals surface area contributed by atoms with E-state index < -0.39 is 0 Å². The summed E-state index contributed by atoms with van der Waals surface area (Å²) >= 11 is 0. The Balaban J connectivity index is 0.00000288. The number of unbranched alkanes of at least 4 members (excludes halogenated alkanes) is 2. The molecule has 24 heavy (non-hydrogen) atoms. The van der Waals surface area contributed by atoms with Crippen LogP contribution in [-0.4, -0.2) is 30.7 Å². The largest absolute Gasteiger partial charge is 0.497 e. The first-order chi connectivity index (χ1) is 11.1. The minimum Gasteiger partial charge on any atom is -0.497 e. The van der Waals surface area contributed by atoms with E-state index in [2.05, 4.69) is 42.5 Å². The van der Waals surface area contributed by atoms with Gasteiger partial charge in [-0.15, -0.1) is 12.4 Å². The smallest absolute Gasteiger partial charge is 0.121 e. The van der Waals surface area contributed by atoms with Gasteiger partial charge >= 0.3 is 0 Å². The molecule has 0 aliphatic heterocycles. The molecule has 0 aliphatic rings. The molecule has 5 heteroatoms. The number of ether oxygens (including phenoxy) is 1. The topological polar surface area (TPSA) is 46.2 Å². The van der Waals surface area contributed by atoms with Gasteiger partial charge in [0, 0.05) is 29.7 Å². The highest BCUT2D eigenvalue weighted by Gasteiger charge is 2.17. The van der Waals surface area contributed by atoms with E-state index in [-0.39, 0.29) is 17.9 Å². The summed E-state index contributed by atoms with van der Waals surface area (Å²) in [6.45, 7) is 8.56. The molecule has 1 aromatic carbocycles. The maximum atomic E-state index is 5.40. The summed E-state index contributed by atoms with van der Waals surface area (Å²) in [4.78, 5) is 4.51. The van der Waals surface area contributed by atoms with E-state index in [1.807, 2.05) is 24.4 Å². The summed E-state index contributed by atoms with van der Waals surface area (Å²) in [5, 5.41) is 8.25. The van der Waals surface area contributed by atoms with Crippen LogP contribution in [0, 0.1) is 0 Å². The molecule has 0 amide bonds. The van der Waals surface area contributed by atoms with Gasteiger partial charge in [-0.2, -0.15) is 0 Å². The Morgan fingerprint density at radius 1 is 1.21 bits per heavy atom. The highest BCUT2D eigenvalue weighted by molar-refractivity contribution is 5.91. The van der Waals surface area contributed by atoms with E-state index in [9.17, 15) is 0 Å². The third-order valence-electron chi connectivity index (χ3n) is 4.02. The molecule has 2 aromatic rings. The van der Waals surface area contributed by atoms with Crippen molar-refractivity contribution in [1.82, 2.24) is 10.3 Å². The SMILES string of the molecule is CCCCCNC(C)(C)CNc1cc(OC)cc2cccnc12.Cl. The fraction of sp³-hybridized carbons (Fsp3) is 0.526. The summed E-state index contributed by atoms with van der Waals surface area (Å²) < 4.78 is 5.40. The molecule has 2 N–H and O–H groups in total. The van der Waals surface area contributed by atoms with Gasteiger partial charge in [-0.25, -0.2) is 0 Å². The van der Waals surface area contributed by atoms with Crippen LogP contribution < -0.4 is 15.4 Å². The molecule has 0 fully saturated rings. The van der Waals surface area contributed by atoms with E-state index in [0.29, 0.717) is 0 Å². The first kappa shape index (κ1) is 20.5. The lowest BCUT2D eigenvalue weighted by molar-refractivity contribution is 0.402. The van der Waals surface area contributed by atoms with Crippen molar-refractivity contribution < 1.29 is 4.74 Å². The van der Waals surface area contributed by atoms with Crippen LogP contribution in [0.25, 0.3) is 10.9 Å².